The van der Waals surface area contributed by atoms with Crippen molar-refractivity contribution in [1.29, 1.82) is 0 Å². The Labute approximate surface area is 110 Å². The molecule has 3 rings (SSSR count). The molecule has 0 aliphatic carbocycles. The molecule has 1 aromatic carbocycles. The minimum atomic E-state index is 0.0983. The van der Waals surface area contributed by atoms with Crippen molar-refractivity contribution in [2.75, 3.05) is 12.3 Å². The van der Waals surface area contributed by atoms with Crippen LogP contribution in [0.4, 0.5) is 5.82 Å². The lowest BCUT2D eigenvalue weighted by Gasteiger charge is -2.26. The van der Waals surface area contributed by atoms with E-state index in [0.717, 1.165) is 23.4 Å². The van der Waals surface area contributed by atoms with Gasteiger partial charge in [-0.1, -0.05) is 29.8 Å². The number of nitrogens with two attached hydrogens (primary N) is 1. The minimum Gasteiger partial charge on any atom is -0.493 e. The zero-order chi connectivity index (χ0) is 12.7. The van der Waals surface area contributed by atoms with E-state index in [0.29, 0.717) is 17.4 Å². The largest absolute Gasteiger partial charge is 0.493 e. The summed E-state index contributed by atoms with van der Waals surface area (Å²) in [7, 11) is 0. The molecular formula is C13H14ClN3O. The molecule has 0 bridgehead atoms. The molecule has 2 N–H and O–H groups in total. The standard InChI is InChI=1S/C13H14ClN3O/c1-8-12(14)13(15)17(16-8)10-6-7-18-11-5-3-2-4-9(10)11/h2-5,10H,6-7,15H2,1H3. The molecule has 4 nitrogen and oxygen atoms in total. The zero-order valence-electron chi connectivity index (χ0n) is 10.1. The van der Waals surface area contributed by atoms with Crippen LogP contribution in [-0.4, -0.2) is 16.4 Å². The van der Waals surface area contributed by atoms with Gasteiger partial charge in [-0.05, 0) is 13.0 Å². The van der Waals surface area contributed by atoms with Crippen LogP contribution in [0.15, 0.2) is 24.3 Å². The Morgan fingerprint density at radius 2 is 2.22 bits per heavy atom. The minimum absolute atomic E-state index is 0.0983. The molecule has 0 fully saturated rings. The van der Waals surface area contributed by atoms with Crippen LogP contribution in [0.1, 0.15) is 23.7 Å². The van der Waals surface area contributed by atoms with E-state index in [-0.39, 0.29) is 6.04 Å². The number of nitrogens with zero attached hydrogens (tertiary/aromatic N) is 2. The summed E-state index contributed by atoms with van der Waals surface area (Å²) in [6.45, 7) is 2.53. The highest BCUT2D eigenvalue weighted by atomic mass is 35.5. The van der Waals surface area contributed by atoms with E-state index in [1.807, 2.05) is 31.2 Å². The molecule has 0 spiro atoms. The van der Waals surface area contributed by atoms with E-state index in [9.17, 15) is 0 Å². The van der Waals surface area contributed by atoms with E-state index in [2.05, 4.69) is 5.10 Å². The quantitative estimate of drug-likeness (QED) is 0.861. The van der Waals surface area contributed by atoms with Crippen LogP contribution < -0.4 is 10.5 Å². The molecular weight excluding hydrogens is 250 g/mol. The first-order chi connectivity index (χ1) is 8.68. The molecule has 0 saturated heterocycles. The van der Waals surface area contributed by atoms with Gasteiger partial charge in [-0.15, -0.1) is 0 Å². The Bertz CT molecular complexity index is 594. The predicted molar refractivity (Wildman–Crippen MR) is 71.1 cm³/mol. The molecule has 1 aliphatic heterocycles. The van der Waals surface area contributed by atoms with Crippen molar-refractivity contribution in [2.24, 2.45) is 0 Å². The first kappa shape index (κ1) is 11.4. The Morgan fingerprint density at radius 3 is 2.94 bits per heavy atom. The van der Waals surface area contributed by atoms with Crippen molar-refractivity contribution in [3.05, 3.63) is 40.5 Å². The number of rotatable bonds is 1. The second-order valence-electron chi connectivity index (χ2n) is 4.42. The van der Waals surface area contributed by atoms with Crippen molar-refractivity contribution in [2.45, 2.75) is 19.4 Å². The summed E-state index contributed by atoms with van der Waals surface area (Å²) in [6, 6.07) is 8.07. The lowest BCUT2D eigenvalue weighted by Crippen LogP contribution is -2.22. The van der Waals surface area contributed by atoms with E-state index < -0.39 is 0 Å². The normalized spacial score (nSPS) is 18.2. The monoisotopic (exact) mass is 263 g/mol. The van der Waals surface area contributed by atoms with Gasteiger partial charge in [0.1, 0.15) is 16.6 Å². The third kappa shape index (κ3) is 1.64. The van der Waals surface area contributed by atoms with Gasteiger partial charge in [-0.25, -0.2) is 4.68 Å². The molecule has 0 saturated carbocycles. The number of aryl methyl sites for hydroxylation is 1. The number of halogens is 1. The third-order valence-corrected chi connectivity index (χ3v) is 3.74. The molecule has 18 heavy (non-hydrogen) atoms. The number of ether oxygens (including phenoxy) is 1. The highest BCUT2D eigenvalue weighted by Crippen LogP contribution is 2.37. The number of aromatic nitrogens is 2. The fourth-order valence-electron chi connectivity index (χ4n) is 2.36. The zero-order valence-corrected chi connectivity index (χ0v) is 10.8. The van der Waals surface area contributed by atoms with Gasteiger partial charge in [0.2, 0.25) is 0 Å². The average Bonchev–Trinajstić information content (AvgIpc) is 2.66. The third-order valence-electron chi connectivity index (χ3n) is 3.27. The van der Waals surface area contributed by atoms with Crippen LogP contribution in [0.2, 0.25) is 5.02 Å². The molecule has 2 heterocycles. The molecule has 1 unspecified atom stereocenters. The van der Waals surface area contributed by atoms with E-state index >= 15 is 0 Å². The van der Waals surface area contributed by atoms with Gasteiger partial charge in [0.25, 0.3) is 0 Å². The van der Waals surface area contributed by atoms with Gasteiger partial charge in [0, 0.05) is 12.0 Å². The lowest BCUT2D eigenvalue weighted by atomic mass is 10.0. The molecule has 1 atom stereocenters. The number of anilines is 1. The smallest absolute Gasteiger partial charge is 0.141 e. The summed E-state index contributed by atoms with van der Waals surface area (Å²) >= 11 is 6.11. The topological polar surface area (TPSA) is 53.1 Å². The molecule has 94 valence electrons. The number of para-hydroxylation sites is 1. The van der Waals surface area contributed by atoms with Crippen molar-refractivity contribution in [3.8, 4) is 5.75 Å². The Morgan fingerprint density at radius 1 is 1.44 bits per heavy atom. The van der Waals surface area contributed by atoms with Crippen LogP contribution in [0.3, 0.4) is 0 Å². The van der Waals surface area contributed by atoms with Crippen molar-refractivity contribution >= 4 is 17.4 Å². The summed E-state index contributed by atoms with van der Waals surface area (Å²) in [4.78, 5) is 0. The summed E-state index contributed by atoms with van der Waals surface area (Å²) in [5.41, 5.74) is 7.89. The van der Waals surface area contributed by atoms with Gasteiger partial charge >= 0.3 is 0 Å². The SMILES string of the molecule is Cc1nn(C2CCOc3ccccc32)c(N)c1Cl. The van der Waals surface area contributed by atoms with Gasteiger partial charge in [0.15, 0.2) is 0 Å². The van der Waals surface area contributed by atoms with Gasteiger partial charge < -0.3 is 10.5 Å². The van der Waals surface area contributed by atoms with E-state index in [1.165, 1.54) is 0 Å². The summed E-state index contributed by atoms with van der Waals surface area (Å²) in [6.07, 6.45) is 0.846. The second-order valence-corrected chi connectivity index (χ2v) is 4.80. The van der Waals surface area contributed by atoms with Crippen molar-refractivity contribution < 1.29 is 4.74 Å². The highest BCUT2D eigenvalue weighted by molar-refractivity contribution is 6.33. The molecule has 2 aromatic rings. The van der Waals surface area contributed by atoms with Gasteiger partial charge in [-0.2, -0.15) is 5.10 Å². The van der Waals surface area contributed by atoms with Crippen LogP contribution in [-0.2, 0) is 0 Å². The van der Waals surface area contributed by atoms with Crippen LogP contribution in [0.5, 0.6) is 5.75 Å². The summed E-state index contributed by atoms with van der Waals surface area (Å²) in [5, 5.41) is 4.98. The van der Waals surface area contributed by atoms with Crippen LogP contribution >= 0.6 is 11.6 Å². The maximum Gasteiger partial charge on any atom is 0.141 e. The fraction of sp³-hybridized carbons (Fsp3) is 0.308. The summed E-state index contributed by atoms with van der Waals surface area (Å²) in [5.74, 6) is 1.42. The molecule has 0 amide bonds. The van der Waals surface area contributed by atoms with Crippen molar-refractivity contribution in [1.82, 2.24) is 9.78 Å². The predicted octanol–water partition coefficient (Wildman–Crippen LogP) is 2.80. The molecule has 1 aliphatic rings. The Balaban J connectivity index is 2.11. The average molecular weight is 264 g/mol. The lowest BCUT2D eigenvalue weighted by molar-refractivity contribution is 0.251. The number of hydrogen-bond acceptors (Lipinski definition) is 3. The second kappa shape index (κ2) is 4.21. The Hall–Kier alpha value is -1.68. The fourth-order valence-corrected chi connectivity index (χ4v) is 2.48. The molecule has 5 heteroatoms. The van der Waals surface area contributed by atoms with Crippen LogP contribution in [0.25, 0.3) is 0 Å². The number of nitrogen functional groups attached to an aromatic ring is 1. The Kier molecular flexibility index (Phi) is 2.67. The highest BCUT2D eigenvalue weighted by Gasteiger charge is 2.26. The van der Waals surface area contributed by atoms with Gasteiger partial charge in [0.05, 0.1) is 18.3 Å². The van der Waals surface area contributed by atoms with E-state index in [1.54, 1.807) is 4.68 Å². The summed E-state index contributed by atoms with van der Waals surface area (Å²) < 4.78 is 7.44. The number of fused-ring (bicyclic) bond motifs is 1. The van der Waals surface area contributed by atoms with E-state index in [4.69, 9.17) is 22.1 Å². The first-order valence-electron chi connectivity index (χ1n) is 5.90. The maximum atomic E-state index is 6.11. The number of benzene rings is 1. The van der Waals surface area contributed by atoms with Gasteiger partial charge in [-0.3, -0.25) is 0 Å². The van der Waals surface area contributed by atoms with Crippen LogP contribution in [0, 0.1) is 6.92 Å². The number of hydrogen-bond donors (Lipinski definition) is 1. The molecule has 1 aromatic heterocycles. The van der Waals surface area contributed by atoms with Crippen molar-refractivity contribution in [3.63, 3.8) is 0 Å². The maximum absolute atomic E-state index is 6.11. The molecule has 0 radical (unpaired) electrons. The first-order valence-corrected chi connectivity index (χ1v) is 6.28.